The molecule has 1 saturated heterocycles. The van der Waals surface area contributed by atoms with Gasteiger partial charge in [-0.2, -0.15) is 0 Å². The van der Waals surface area contributed by atoms with E-state index >= 15 is 0 Å². The van der Waals surface area contributed by atoms with E-state index in [0.29, 0.717) is 0 Å². The van der Waals surface area contributed by atoms with Crippen LogP contribution in [0.5, 0.6) is 0 Å². The smallest absolute Gasteiger partial charge is 0.115 e. The van der Waals surface area contributed by atoms with Gasteiger partial charge in [0.25, 0.3) is 0 Å². The number of aromatic nitrogens is 2. The monoisotopic (exact) mass is 329 g/mol. The van der Waals surface area contributed by atoms with E-state index < -0.39 is 0 Å². The SMILES string of the molecule is CCc1cc2c(s1)CCOC21CCN(Cc2cncnc2)CC1. The molecule has 1 fully saturated rings. The maximum atomic E-state index is 6.34. The summed E-state index contributed by atoms with van der Waals surface area (Å²) in [6.07, 6.45) is 9.83. The summed E-state index contributed by atoms with van der Waals surface area (Å²) in [5.41, 5.74) is 2.66. The molecule has 0 bridgehead atoms. The number of piperidine rings is 1. The van der Waals surface area contributed by atoms with Gasteiger partial charge in [-0.1, -0.05) is 6.92 Å². The Morgan fingerprint density at radius 1 is 1.26 bits per heavy atom. The molecule has 2 aromatic rings. The molecule has 1 spiro atoms. The third-order valence-electron chi connectivity index (χ3n) is 5.09. The zero-order valence-electron chi connectivity index (χ0n) is 13.6. The minimum Gasteiger partial charge on any atom is -0.370 e. The van der Waals surface area contributed by atoms with E-state index in [1.54, 1.807) is 11.2 Å². The normalized spacial score (nSPS) is 20.6. The van der Waals surface area contributed by atoms with Crippen molar-refractivity contribution < 1.29 is 4.74 Å². The van der Waals surface area contributed by atoms with Gasteiger partial charge < -0.3 is 4.74 Å². The molecule has 4 rings (SSSR count). The lowest BCUT2D eigenvalue weighted by molar-refractivity contribution is -0.0981. The molecule has 23 heavy (non-hydrogen) atoms. The molecule has 5 heteroatoms. The van der Waals surface area contributed by atoms with Crippen LogP contribution in [0.4, 0.5) is 0 Å². The molecule has 4 nitrogen and oxygen atoms in total. The van der Waals surface area contributed by atoms with E-state index in [9.17, 15) is 0 Å². The molecule has 0 atom stereocenters. The largest absolute Gasteiger partial charge is 0.370 e. The van der Waals surface area contributed by atoms with Crippen molar-refractivity contribution in [1.82, 2.24) is 14.9 Å². The molecule has 0 unspecified atom stereocenters. The van der Waals surface area contributed by atoms with E-state index in [0.717, 1.165) is 51.9 Å². The Kier molecular flexibility index (Phi) is 4.18. The molecular formula is C18H23N3OS. The van der Waals surface area contributed by atoms with Crippen LogP contribution in [0.15, 0.2) is 24.8 Å². The first-order valence-electron chi connectivity index (χ1n) is 8.51. The molecule has 0 aromatic carbocycles. The molecular weight excluding hydrogens is 306 g/mol. The molecule has 2 aliphatic rings. The Bertz CT molecular complexity index is 662. The van der Waals surface area contributed by atoms with E-state index in [2.05, 4.69) is 27.9 Å². The van der Waals surface area contributed by atoms with Gasteiger partial charge in [0.1, 0.15) is 6.33 Å². The van der Waals surface area contributed by atoms with Crippen LogP contribution in [0.1, 0.15) is 40.6 Å². The number of thiophene rings is 1. The predicted molar refractivity (Wildman–Crippen MR) is 91.6 cm³/mol. The third-order valence-corrected chi connectivity index (χ3v) is 6.43. The summed E-state index contributed by atoms with van der Waals surface area (Å²) in [5, 5.41) is 0. The summed E-state index contributed by atoms with van der Waals surface area (Å²) in [6, 6.07) is 2.42. The first kappa shape index (κ1) is 15.2. The van der Waals surface area contributed by atoms with Gasteiger partial charge in [-0.25, -0.2) is 9.97 Å². The highest BCUT2D eigenvalue weighted by atomic mass is 32.1. The molecule has 0 amide bonds. The maximum absolute atomic E-state index is 6.34. The molecule has 0 saturated carbocycles. The molecule has 0 N–H and O–H groups in total. The van der Waals surface area contributed by atoms with Gasteiger partial charge in [0, 0.05) is 53.8 Å². The van der Waals surface area contributed by atoms with Crippen molar-refractivity contribution in [1.29, 1.82) is 0 Å². The number of ether oxygens (including phenoxy) is 1. The van der Waals surface area contributed by atoms with Crippen molar-refractivity contribution in [2.24, 2.45) is 0 Å². The summed E-state index contributed by atoms with van der Waals surface area (Å²) in [5.74, 6) is 0. The zero-order valence-corrected chi connectivity index (χ0v) is 14.4. The van der Waals surface area contributed by atoms with Crippen LogP contribution < -0.4 is 0 Å². The van der Waals surface area contributed by atoms with Gasteiger partial charge in [-0.05, 0) is 30.9 Å². The highest BCUT2D eigenvalue weighted by molar-refractivity contribution is 7.12. The lowest BCUT2D eigenvalue weighted by atomic mass is 9.82. The topological polar surface area (TPSA) is 38.2 Å². The average Bonchev–Trinajstić information content (AvgIpc) is 3.03. The van der Waals surface area contributed by atoms with Crippen LogP contribution >= 0.6 is 11.3 Å². The molecule has 2 aliphatic heterocycles. The van der Waals surface area contributed by atoms with Crippen LogP contribution in [-0.4, -0.2) is 34.6 Å². The van der Waals surface area contributed by atoms with Gasteiger partial charge in [0.2, 0.25) is 0 Å². The average molecular weight is 329 g/mol. The number of nitrogens with zero attached hydrogens (tertiary/aromatic N) is 3. The van der Waals surface area contributed by atoms with Crippen LogP contribution in [0, 0.1) is 0 Å². The number of rotatable bonds is 3. The van der Waals surface area contributed by atoms with Gasteiger partial charge in [0.05, 0.1) is 12.2 Å². The molecule has 0 aliphatic carbocycles. The highest BCUT2D eigenvalue weighted by Gasteiger charge is 2.41. The Labute approximate surface area is 141 Å². The van der Waals surface area contributed by atoms with E-state index in [-0.39, 0.29) is 5.60 Å². The molecule has 0 radical (unpaired) electrons. The van der Waals surface area contributed by atoms with Crippen molar-refractivity contribution in [3.63, 3.8) is 0 Å². The van der Waals surface area contributed by atoms with E-state index in [4.69, 9.17) is 4.74 Å². The van der Waals surface area contributed by atoms with Gasteiger partial charge in [0.15, 0.2) is 0 Å². The summed E-state index contributed by atoms with van der Waals surface area (Å²) in [6.45, 7) is 6.21. The van der Waals surface area contributed by atoms with Crippen LogP contribution in [-0.2, 0) is 29.7 Å². The second kappa shape index (κ2) is 6.30. The number of fused-ring (bicyclic) bond motifs is 2. The number of aryl methyl sites for hydroxylation is 1. The van der Waals surface area contributed by atoms with Crippen molar-refractivity contribution in [2.45, 2.75) is 44.8 Å². The fourth-order valence-electron chi connectivity index (χ4n) is 3.80. The second-order valence-electron chi connectivity index (χ2n) is 6.52. The quantitative estimate of drug-likeness (QED) is 0.867. The first-order chi connectivity index (χ1) is 11.3. The predicted octanol–water partition coefficient (Wildman–Crippen LogP) is 3.16. The Morgan fingerprint density at radius 3 is 2.78 bits per heavy atom. The Balaban J connectivity index is 1.48. The van der Waals surface area contributed by atoms with Gasteiger partial charge in [-0.15, -0.1) is 11.3 Å². The summed E-state index contributed by atoms with van der Waals surface area (Å²) in [7, 11) is 0. The summed E-state index contributed by atoms with van der Waals surface area (Å²) >= 11 is 2.00. The number of hydrogen-bond acceptors (Lipinski definition) is 5. The van der Waals surface area contributed by atoms with Crippen LogP contribution in [0.3, 0.4) is 0 Å². The summed E-state index contributed by atoms with van der Waals surface area (Å²) < 4.78 is 6.34. The van der Waals surface area contributed by atoms with Crippen LogP contribution in [0.25, 0.3) is 0 Å². The minimum atomic E-state index is -0.0266. The second-order valence-corrected chi connectivity index (χ2v) is 7.74. The van der Waals surface area contributed by atoms with Crippen molar-refractivity contribution in [3.8, 4) is 0 Å². The lowest BCUT2D eigenvalue weighted by Gasteiger charge is -2.44. The molecule has 2 aromatic heterocycles. The third kappa shape index (κ3) is 2.93. The lowest BCUT2D eigenvalue weighted by Crippen LogP contribution is -2.45. The van der Waals surface area contributed by atoms with E-state index in [1.807, 2.05) is 23.7 Å². The Morgan fingerprint density at radius 2 is 2.04 bits per heavy atom. The Hall–Kier alpha value is -1.30. The highest BCUT2D eigenvalue weighted by Crippen LogP contribution is 2.44. The van der Waals surface area contributed by atoms with Gasteiger partial charge in [-0.3, -0.25) is 4.90 Å². The summed E-state index contributed by atoms with van der Waals surface area (Å²) in [4.78, 5) is 13.8. The molecule has 4 heterocycles. The fourth-order valence-corrected chi connectivity index (χ4v) is 4.98. The fraction of sp³-hybridized carbons (Fsp3) is 0.556. The standard InChI is InChI=1S/C18H23N3OS/c1-2-15-9-16-17(23-15)3-8-22-18(16)4-6-21(7-5-18)12-14-10-19-13-20-11-14/h9-11,13H,2-8,12H2,1H3. The number of hydrogen-bond donors (Lipinski definition) is 0. The van der Waals surface area contributed by atoms with Crippen molar-refractivity contribution in [2.75, 3.05) is 19.7 Å². The van der Waals surface area contributed by atoms with Crippen molar-refractivity contribution in [3.05, 3.63) is 45.7 Å². The van der Waals surface area contributed by atoms with Gasteiger partial charge >= 0.3 is 0 Å². The van der Waals surface area contributed by atoms with E-state index in [1.165, 1.54) is 16.0 Å². The van der Waals surface area contributed by atoms with Crippen molar-refractivity contribution >= 4 is 11.3 Å². The molecule has 122 valence electrons. The maximum Gasteiger partial charge on any atom is 0.115 e. The zero-order chi connectivity index (χ0) is 15.7. The first-order valence-corrected chi connectivity index (χ1v) is 9.33. The number of likely N-dealkylation sites (tertiary alicyclic amines) is 1. The van der Waals surface area contributed by atoms with Crippen LogP contribution in [0.2, 0.25) is 0 Å². The minimum absolute atomic E-state index is 0.0266.